The maximum Gasteiger partial charge on any atom is 0.200 e. The van der Waals surface area contributed by atoms with Gasteiger partial charge in [0.1, 0.15) is 59.7 Å². The first-order valence-corrected chi connectivity index (χ1v) is 27.2. The van der Waals surface area contributed by atoms with Gasteiger partial charge >= 0.3 is 0 Å². The molecule has 0 amide bonds. The zero-order valence-corrected chi connectivity index (χ0v) is 45.3. The Hall–Kier alpha value is -7.48. The summed E-state index contributed by atoms with van der Waals surface area (Å²) < 4.78 is 301. The average Bonchev–Trinajstić information content (AvgIpc) is 1.49. The van der Waals surface area contributed by atoms with Gasteiger partial charge < -0.3 is 60.3 Å². The molecule has 11 rings (SSSR count). The van der Waals surface area contributed by atoms with Crippen molar-refractivity contribution in [2.45, 2.75) is 69.5 Å². The second-order valence-electron chi connectivity index (χ2n) is 19.9. The number of nitrogens with one attached hydrogen (secondary N) is 2. The minimum absolute atomic E-state index is 0.342. The van der Waals surface area contributed by atoms with Crippen LogP contribution in [0.4, 0.5) is 79.0 Å². The monoisotopic (exact) mass is 1330 g/mol. The van der Waals surface area contributed by atoms with Gasteiger partial charge in [-0.15, -0.1) is 0 Å². The van der Waals surface area contributed by atoms with E-state index in [1.54, 1.807) is 0 Å². The number of H-pyrrole nitrogens is 2. The number of aliphatic hydroxyl groups is 8. The summed E-state index contributed by atoms with van der Waals surface area (Å²) in [5.74, 6) is -46.0. The lowest BCUT2D eigenvalue weighted by Crippen LogP contribution is -2.57. The Labute approximate surface area is 496 Å². The van der Waals surface area contributed by atoms with Crippen LogP contribution in [-0.4, -0.2) is 134 Å². The van der Waals surface area contributed by atoms with E-state index in [0.717, 1.165) is 0 Å². The second kappa shape index (κ2) is 24.0. The van der Waals surface area contributed by atoms with Crippen LogP contribution < -0.4 is 0 Å². The quantitative estimate of drug-likeness (QED) is 0.0349. The van der Waals surface area contributed by atoms with E-state index >= 15 is 70.2 Å². The lowest BCUT2D eigenvalue weighted by molar-refractivity contribution is -0.205. The highest BCUT2D eigenvalue weighted by atomic mass is 32.2. The van der Waals surface area contributed by atoms with Crippen molar-refractivity contribution < 1.29 is 129 Å². The fourth-order valence-electron chi connectivity index (χ4n) is 10.3. The molecule has 4 aliphatic rings. The van der Waals surface area contributed by atoms with E-state index in [0.29, 0.717) is 48.6 Å². The van der Waals surface area contributed by atoms with E-state index in [-0.39, 0.29) is 23.5 Å². The summed E-state index contributed by atoms with van der Waals surface area (Å²) in [6.45, 7) is -2.20. The number of ether oxygens (including phenoxy) is 2. The van der Waals surface area contributed by atoms with Gasteiger partial charge in [-0.2, -0.15) is 0 Å². The minimum Gasteiger partial charge on any atom is -0.394 e. The Kier molecular flexibility index (Phi) is 17.1. The zero-order chi connectivity index (χ0) is 65.3. The summed E-state index contributed by atoms with van der Waals surface area (Å²) in [6.07, 6.45) is -14.3. The van der Waals surface area contributed by atoms with E-state index < -0.39 is 277 Å². The molecular formula is C56H32F18N4O10S2. The van der Waals surface area contributed by atoms with Crippen LogP contribution in [0.3, 0.4) is 0 Å². The molecule has 34 heteroatoms. The molecule has 3 aromatic heterocycles. The highest BCUT2D eigenvalue weighted by Gasteiger charge is 2.47. The van der Waals surface area contributed by atoms with Gasteiger partial charge in [-0.05, 0) is 48.6 Å². The largest absolute Gasteiger partial charge is 0.394 e. The van der Waals surface area contributed by atoms with Crippen molar-refractivity contribution >= 4 is 69.9 Å². The average molecular weight is 1330 g/mol. The number of thioether (sulfide) groups is 2. The summed E-state index contributed by atoms with van der Waals surface area (Å²) in [6, 6.07) is 2.49. The SMILES string of the molecule is OC[C@H]1O[C@H](Sc2c(F)c(F)c(-c3c4nc(c(-c5c(F)c(F)c(F)c(F)c5F)c5ccc([nH]5)c(-c5c(F)c(F)c(S[C@@H]6O[C@H](CO)[C@@H](O)[C@H](O)[C@H]6O)c(F)c5F)c5nc(c(-c6c(F)c(F)c(F)c(F)c6F)c6ccc3[nH]6)C=C5)C=C4)c(F)c2F)[C@H](O)[C@@H](O)[C@@H]1O. The molecule has 0 radical (unpaired) electrons. The van der Waals surface area contributed by atoms with Crippen molar-refractivity contribution in [3.63, 3.8) is 0 Å². The van der Waals surface area contributed by atoms with Gasteiger partial charge in [0.2, 0.25) is 11.6 Å². The molecule has 4 aromatic carbocycles. The normalized spacial score (nSPS) is 22.6. The first-order valence-electron chi connectivity index (χ1n) is 25.4. The highest BCUT2D eigenvalue weighted by molar-refractivity contribution is 8.00. The Morgan fingerprint density at radius 1 is 0.311 bits per heavy atom. The first kappa shape index (κ1) is 64.1. The van der Waals surface area contributed by atoms with E-state index in [2.05, 4.69) is 19.9 Å². The maximum absolute atomic E-state index is 17.1. The smallest absolute Gasteiger partial charge is 0.200 e. The van der Waals surface area contributed by atoms with E-state index in [1.807, 2.05) is 0 Å². The topological polar surface area (TPSA) is 238 Å². The predicted molar refractivity (Wildman–Crippen MR) is 279 cm³/mol. The molecule has 0 saturated carbocycles. The van der Waals surface area contributed by atoms with Gasteiger partial charge in [-0.1, -0.05) is 23.5 Å². The van der Waals surface area contributed by atoms with Crippen LogP contribution in [0.2, 0.25) is 0 Å². The molecule has 90 heavy (non-hydrogen) atoms. The molecule has 0 aliphatic carbocycles. The molecule has 10 atom stereocenters. The number of hydrogen-bond acceptors (Lipinski definition) is 14. The van der Waals surface area contributed by atoms with Crippen LogP contribution in [0.5, 0.6) is 0 Å². The van der Waals surface area contributed by atoms with Crippen molar-refractivity contribution in [3.05, 3.63) is 152 Å². The van der Waals surface area contributed by atoms with Crippen LogP contribution in [0.1, 0.15) is 22.8 Å². The summed E-state index contributed by atoms with van der Waals surface area (Å²) in [5, 5.41) is 81.6. The lowest BCUT2D eigenvalue weighted by Gasteiger charge is -2.39. The highest BCUT2D eigenvalue weighted by Crippen LogP contribution is 2.48. The molecular weight excluding hydrogens is 1290 g/mol. The van der Waals surface area contributed by atoms with Crippen LogP contribution in [-0.2, 0) is 9.47 Å². The summed E-state index contributed by atoms with van der Waals surface area (Å²) in [4.78, 5) is 9.39. The fraction of sp³-hybridized carbons (Fsp3) is 0.214. The van der Waals surface area contributed by atoms with Crippen molar-refractivity contribution in [1.82, 2.24) is 19.9 Å². The van der Waals surface area contributed by atoms with Crippen molar-refractivity contribution in [2.24, 2.45) is 0 Å². The van der Waals surface area contributed by atoms with E-state index in [1.165, 1.54) is 0 Å². The van der Waals surface area contributed by atoms with Gasteiger partial charge in [0.15, 0.2) is 93.1 Å². The third-order valence-electron chi connectivity index (χ3n) is 14.8. The molecule has 0 unspecified atom stereocenters. The molecule has 10 N–H and O–H groups in total. The van der Waals surface area contributed by atoms with E-state index in [4.69, 9.17) is 9.47 Å². The molecule has 0 spiro atoms. The molecule has 14 nitrogen and oxygen atoms in total. The van der Waals surface area contributed by atoms with Gasteiger partial charge in [0.05, 0.1) is 68.0 Å². The fourth-order valence-corrected chi connectivity index (χ4v) is 12.6. The number of aliphatic hydroxyl groups excluding tert-OH is 8. The van der Waals surface area contributed by atoms with Gasteiger partial charge in [0.25, 0.3) is 0 Å². The third kappa shape index (κ3) is 10.1. The van der Waals surface area contributed by atoms with Gasteiger partial charge in [0, 0.05) is 44.3 Å². The first-order chi connectivity index (χ1) is 42.6. The molecule has 2 saturated heterocycles. The van der Waals surface area contributed by atoms with Gasteiger partial charge in [-0.3, -0.25) is 0 Å². The van der Waals surface area contributed by atoms with Gasteiger partial charge in [-0.25, -0.2) is 89.0 Å². The van der Waals surface area contributed by atoms with Crippen LogP contribution in [0, 0.1) is 105 Å². The van der Waals surface area contributed by atoms with Crippen molar-refractivity contribution in [2.75, 3.05) is 13.2 Å². The standard InChI is InChI=1S/C56H32F18N4O10S2/c57-29-25(30(58)38(66)41(69)37(29)65)21-11-1-5-15(75-11)23(27-33(61)43(71)53(44(72)34(27)62)89-55-51(85)49(83)47(81)19(9-79)87-55)16-7-3-13(77-16)22(26-31(59)39(67)42(70)40(68)32(26)60)14-4-8-18(78-14)24(17-6-2-12(21)76-17)28-35(63)45(73)54(46(74)36(28)64)90-56-52(86)50(84)48(82)20(10-80)88-56/h1-8,19-20,47-52,55-56,75,78-86H,9-10H2/t19-,20-,47-,48-,49+,50+,51-,52-,55-,56+/m1/s1. The van der Waals surface area contributed by atoms with Crippen molar-refractivity contribution in [3.8, 4) is 44.5 Å². The van der Waals surface area contributed by atoms with Crippen molar-refractivity contribution in [1.29, 1.82) is 0 Å². The Bertz CT molecular complexity index is 4050. The molecule has 474 valence electrons. The Morgan fingerprint density at radius 3 is 0.767 bits per heavy atom. The van der Waals surface area contributed by atoms with E-state index in [9.17, 15) is 49.6 Å². The molecule has 7 aromatic rings. The molecule has 7 heterocycles. The Balaban J connectivity index is 1.27. The number of aromatic nitrogens is 4. The number of nitrogens with zero attached hydrogens (tertiary/aromatic N) is 2. The van der Waals surface area contributed by atoms with Crippen LogP contribution in [0.25, 0.3) is 90.9 Å². The second-order valence-corrected chi connectivity index (χ2v) is 22.2. The van der Waals surface area contributed by atoms with Crippen LogP contribution in [0.15, 0.2) is 34.1 Å². The number of hydrogen-bond donors (Lipinski definition) is 10. The predicted octanol–water partition coefficient (Wildman–Crippen LogP) is 9.61. The lowest BCUT2D eigenvalue weighted by atomic mass is 10.0. The summed E-state index contributed by atoms with van der Waals surface area (Å²) in [7, 11) is 0. The third-order valence-corrected chi connectivity index (χ3v) is 17.2. The number of fused-ring (bicyclic) bond motifs is 8. The minimum atomic E-state index is -2.76. The molecule has 4 aliphatic heterocycles. The summed E-state index contributed by atoms with van der Waals surface area (Å²) >= 11 is -0.684. The number of halogens is 18. The Morgan fingerprint density at radius 2 is 0.533 bits per heavy atom. The molecule has 8 bridgehead atoms. The number of aromatic amines is 2. The number of rotatable bonds is 10. The van der Waals surface area contributed by atoms with Crippen LogP contribution >= 0.6 is 23.5 Å². The summed E-state index contributed by atoms with van der Waals surface area (Å²) in [5.41, 5.74) is -25.3. The molecule has 2 fully saturated rings. The number of benzene rings is 4. The zero-order valence-electron chi connectivity index (χ0n) is 43.7. The maximum atomic E-state index is 17.1.